The van der Waals surface area contributed by atoms with E-state index in [0.29, 0.717) is 93.9 Å². The van der Waals surface area contributed by atoms with Gasteiger partial charge in [-0.15, -0.1) is 17.5 Å². The predicted octanol–water partition coefficient (Wildman–Crippen LogP) is 28.9. The van der Waals surface area contributed by atoms with E-state index in [1.54, 1.807) is 0 Å². The molecule has 0 N–H and O–H groups in total. The molecule has 0 aliphatic heterocycles. The van der Waals surface area contributed by atoms with E-state index in [1.807, 2.05) is 0 Å². The molecule has 0 saturated carbocycles. The molecule has 0 spiro atoms. The van der Waals surface area contributed by atoms with E-state index in [9.17, 15) is 0 Å². The highest BCUT2D eigenvalue weighted by molar-refractivity contribution is 6.91. The molecular formula is C94H148O4Si3. The average molecular weight is 1430 g/mol. The molecule has 0 fully saturated rings. The second-order valence-electron chi connectivity index (χ2n) is 33.1. The number of hydrogen-bond acceptors (Lipinski definition) is 4. The van der Waals surface area contributed by atoms with Crippen LogP contribution in [-0.4, -0.2) is 50.9 Å². The molecule has 4 rings (SSSR count). The first-order valence-corrected chi connectivity index (χ1v) is 48.1. The summed E-state index contributed by atoms with van der Waals surface area (Å²) in [5.74, 6) is 21.5. The topological polar surface area (TPSA) is 36.9 Å². The second kappa shape index (κ2) is 46.9. The Bertz CT molecular complexity index is 3030. The summed E-state index contributed by atoms with van der Waals surface area (Å²) in [6.45, 7) is 54.6. The van der Waals surface area contributed by atoms with Crippen LogP contribution in [0.25, 0.3) is 22.3 Å². The summed E-state index contributed by atoms with van der Waals surface area (Å²) in [5, 5.41) is 0. The number of rotatable bonds is 47. The number of ether oxygens (including phenoxy) is 3. The largest absolute Gasteiger partial charge is 0.493 e. The van der Waals surface area contributed by atoms with Gasteiger partial charge in [0, 0.05) is 53.0 Å². The molecule has 0 aromatic heterocycles. The third-order valence-electron chi connectivity index (χ3n) is 23.1. The molecule has 4 aromatic carbocycles. The van der Waals surface area contributed by atoms with E-state index >= 15 is 0 Å². The van der Waals surface area contributed by atoms with Gasteiger partial charge in [-0.1, -0.05) is 335 Å². The molecule has 4 aromatic rings. The standard InChI is InChI=1S/C94H148O4Si3/c1-24-29-33-37-39-43-48-83(46-41-35-31-26-3)70-96-93-67-88(94(66-85(93)28-5)97-71-84(47-42-36-32-27-4)49-44-40-38-34-30-25-2)58-59-90-91(86-54-50-81(51-55-86)60-64-99(72(6)7,73(8)9)74(10)11)68-89(95-62-45-63-98-101(78(18)19,79(20)21)80(22)23)69-92(90)87-56-52-82(53-57-87)61-65-100(75(12)13,76(14)15)77(16)17/h5,50-57,66-69,72-80,83-84H,24-27,29-49,62-63,70-71H2,1-4,6-23H3. The van der Waals surface area contributed by atoms with Crippen molar-refractivity contribution in [3.63, 3.8) is 0 Å². The lowest BCUT2D eigenvalue weighted by Gasteiger charge is -2.42. The molecule has 2 unspecified atom stereocenters. The molecule has 7 heteroatoms. The van der Waals surface area contributed by atoms with Gasteiger partial charge >= 0.3 is 0 Å². The summed E-state index contributed by atoms with van der Waals surface area (Å²) in [4.78, 5) is 0. The maximum absolute atomic E-state index is 7.21. The minimum absolute atomic E-state index is 0.433. The highest BCUT2D eigenvalue weighted by atomic mass is 28.4. The number of unbranched alkanes of at least 4 members (excludes halogenated alkanes) is 16. The van der Waals surface area contributed by atoms with Crippen molar-refractivity contribution in [1.29, 1.82) is 0 Å². The van der Waals surface area contributed by atoms with Gasteiger partial charge < -0.3 is 18.6 Å². The summed E-state index contributed by atoms with van der Waals surface area (Å²) in [6.07, 6.45) is 37.4. The molecular weight excluding hydrogens is 1280 g/mol. The second-order valence-corrected chi connectivity index (χ2v) is 49.7. The molecule has 0 bridgehead atoms. The number of terminal acetylenes is 1. The first-order valence-electron chi connectivity index (χ1n) is 41.5. The Morgan fingerprint density at radius 3 is 1.03 bits per heavy atom. The van der Waals surface area contributed by atoms with E-state index in [-0.39, 0.29) is 0 Å². The Morgan fingerprint density at radius 1 is 0.347 bits per heavy atom. The van der Waals surface area contributed by atoms with Crippen LogP contribution in [0.15, 0.2) is 72.8 Å². The van der Waals surface area contributed by atoms with Crippen molar-refractivity contribution >= 4 is 24.5 Å². The van der Waals surface area contributed by atoms with Gasteiger partial charge in [0.05, 0.1) is 30.9 Å². The summed E-state index contributed by atoms with van der Waals surface area (Å²) in [6, 6.07) is 26.6. The van der Waals surface area contributed by atoms with Crippen molar-refractivity contribution in [2.24, 2.45) is 11.8 Å². The van der Waals surface area contributed by atoms with Crippen LogP contribution in [0.3, 0.4) is 0 Å². The van der Waals surface area contributed by atoms with E-state index in [0.717, 1.165) is 87.3 Å². The molecule has 0 saturated heterocycles. The van der Waals surface area contributed by atoms with Gasteiger partial charge in [-0.25, -0.2) is 0 Å². The van der Waals surface area contributed by atoms with Crippen LogP contribution in [-0.2, 0) is 4.43 Å². The van der Waals surface area contributed by atoms with Crippen molar-refractivity contribution in [1.82, 2.24) is 0 Å². The van der Waals surface area contributed by atoms with Crippen molar-refractivity contribution in [2.75, 3.05) is 26.4 Å². The highest BCUT2D eigenvalue weighted by Gasteiger charge is 2.45. The smallest absolute Gasteiger partial charge is 0.200 e. The average Bonchev–Trinajstić information content (AvgIpc) is 0.778. The van der Waals surface area contributed by atoms with Crippen LogP contribution in [0.5, 0.6) is 17.2 Å². The van der Waals surface area contributed by atoms with Crippen LogP contribution in [0.2, 0.25) is 49.9 Å². The monoisotopic (exact) mass is 1430 g/mol. The fraction of sp³-hybridized carbons (Fsp3) is 0.660. The predicted molar refractivity (Wildman–Crippen MR) is 452 cm³/mol. The molecule has 0 aliphatic rings. The molecule has 2 atom stereocenters. The SMILES string of the molecule is C#Cc1cc(OCC(CCCCCC)CCCCCCCC)c(C#Cc2c(-c3ccc(C#C[Si](C(C)C)(C(C)C)C(C)C)cc3)cc(OCCCO[Si](C(C)C)(C(C)C)C(C)C)cc2-c2ccc(C#C[Si](C(C)C)(C(C)C)C(C)C)cc2)cc1OCC(CCCCCC)CCCCCCCC. The van der Waals surface area contributed by atoms with Gasteiger partial charge in [0.15, 0.2) is 8.32 Å². The minimum Gasteiger partial charge on any atom is -0.493 e. The minimum atomic E-state index is -2.07. The first kappa shape index (κ1) is 88.5. The van der Waals surface area contributed by atoms with E-state index in [4.69, 9.17) is 25.1 Å². The maximum atomic E-state index is 7.21. The van der Waals surface area contributed by atoms with Gasteiger partial charge in [0.25, 0.3) is 0 Å². The third-order valence-corrected chi connectivity index (χ3v) is 41.8. The molecule has 0 heterocycles. The summed E-state index contributed by atoms with van der Waals surface area (Å²) < 4.78 is 28.4. The lowest BCUT2D eigenvalue weighted by Crippen LogP contribution is -2.48. The maximum Gasteiger partial charge on any atom is 0.200 e. The molecule has 0 aliphatic carbocycles. The first-order chi connectivity index (χ1) is 48.3. The van der Waals surface area contributed by atoms with E-state index in [2.05, 4.69) is 266 Å². The van der Waals surface area contributed by atoms with E-state index < -0.39 is 24.5 Å². The fourth-order valence-electron chi connectivity index (χ4n) is 17.3. The molecule has 0 radical (unpaired) electrons. The van der Waals surface area contributed by atoms with Crippen molar-refractivity contribution in [3.8, 4) is 86.6 Å². The Hall–Kier alpha value is -4.87. The quantitative estimate of drug-likeness (QED) is 0.0251. The highest BCUT2D eigenvalue weighted by Crippen LogP contribution is 2.45. The van der Waals surface area contributed by atoms with Crippen molar-refractivity contribution in [2.45, 2.75) is 363 Å². The van der Waals surface area contributed by atoms with E-state index in [1.165, 1.54) is 135 Å². The van der Waals surface area contributed by atoms with Crippen LogP contribution in [0, 0.1) is 58.9 Å². The van der Waals surface area contributed by atoms with Gasteiger partial charge in [0.1, 0.15) is 33.4 Å². The lowest BCUT2D eigenvalue weighted by atomic mass is 9.90. The van der Waals surface area contributed by atoms with Gasteiger partial charge in [-0.2, -0.15) is 0 Å². The van der Waals surface area contributed by atoms with Crippen LogP contribution < -0.4 is 14.2 Å². The van der Waals surface area contributed by atoms with Crippen molar-refractivity contribution < 1.29 is 18.6 Å². The molecule has 560 valence electrons. The number of hydrogen-bond donors (Lipinski definition) is 0. The fourth-order valence-corrected chi connectivity index (χ4v) is 33.3. The third kappa shape index (κ3) is 26.9. The molecule has 0 amide bonds. The van der Waals surface area contributed by atoms with Crippen LogP contribution >= 0.6 is 0 Å². The lowest BCUT2D eigenvalue weighted by molar-refractivity contribution is 0.218. The van der Waals surface area contributed by atoms with Crippen molar-refractivity contribution in [3.05, 3.63) is 101 Å². The summed E-state index contributed by atoms with van der Waals surface area (Å²) in [7, 11) is -6.06. The zero-order valence-corrected chi connectivity index (χ0v) is 72.0. The number of benzene rings is 4. The Balaban J connectivity index is 2.13. The van der Waals surface area contributed by atoms with Gasteiger partial charge in [0.2, 0.25) is 0 Å². The van der Waals surface area contributed by atoms with Gasteiger partial charge in [-0.3, -0.25) is 0 Å². The van der Waals surface area contributed by atoms with Gasteiger partial charge in [-0.05, 0) is 135 Å². The summed E-state index contributed by atoms with van der Waals surface area (Å²) in [5.41, 5.74) is 21.4. The Labute approximate surface area is 627 Å². The summed E-state index contributed by atoms with van der Waals surface area (Å²) >= 11 is 0. The van der Waals surface area contributed by atoms with Crippen LogP contribution in [0.4, 0.5) is 0 Å². The zero-order chi connectivity index (χ0) is 74.5. The Morgan fingerprint density at radius 2 is 0.683 bits per heavy atom. The zero-order valence-electron chi connectivity index (χ0n) is 69.0. The molecule has 4 nitrogen and oxygen atoms in total. The van der Waals surface area contributed by atoms with Crippen LogP contribution in [0.1, 0.15) is 341 Å². The normalized spacial score (nSPS) is 12.7. The Kier molecular flexibility index (Phi) is 41.1. The molecule has 101 heavy (non-hydrogen) atoms.